The number of aliphatic imine (C=N–C) groups is 2. The largest absolute Gasteiger partial charge is 0.222 e. The summed E-state index contributed by atoms with van der Waals surface area (Å²) >= 11 is 0. The Morgan fingerprint density at radius 2 is 1.16 bits per heavy atom. The summed E-state index contributed by atoms with van der Waals surface area (Å²) in [5.74, 6) is 1.56. The van der Waals surface area contributed by atoms with Crippen LogP contribution in [0.15, 0.2) is 9.98 Å². The molecule has 19 heavy (non-hydrogen) atoms. The maximum atomic E-state index is 4.68. The highest BCUT2D eigenvalue weighted by Gasteiger charge is 2.24. The van der Waals surface area contributed by atoms with Crippen molar-refractivity contribution >= 4 is 6.01 Å². The van der Waals surface area contributed by atoms with Gasteiger partial charge in [-0.2, -0.15) is 0 Å². The molecule has 2 fully saturated rings. The Bertz CT molecular complexity index is 289. The topological polar surface area (TPSA) is 24.7 Å². The van der Waals surface area contributed by atoms with E-state index in [0.29, 0.717) is 12.1 Å². The van der Waals surface area contributed by atoms with Gasteiger partial charge in [-0.1, -0.05) is 52.4 Å². The van der Waals surface area contributed by atoms with E-state index in [1.165, 1.54) is 64.2 Å². The molecular formula is C17H30N2. The molecule has 0 spiro atoms. The van der Waals surface area contributed by atoms with Gasteiger partial charge in [-0.15, -0.1) is 0 Å². The molecule has 0 aromatic heterocycles. The van der Waals surface area contributed by atoms with Gasteiger partial charge < -0.3 is 0 Å². The normalized spacial score (nSPS) is 35.5. The summed E-state index contributed by atoms with van der Waals surface area (Å²) in [5.41, 5.74) is 0. The predicted octanol–water partition coefficient (Wildman–Crippen LogP) is 5.10. The minimum absolute atomic E-state index is 0.506. The van der Waals surface area contributed by atoms with Crippen LogP contribution in [0.4, 0.5) is 0 Å². The molecule has 4 atom stereocenters. The molecule has 0 aliphatic heterocycles. The predicted molar refractivity (Wildman–Crippen MR) is 81.9 cm³/mol. The Morgan fingerprint density at radius 3 is 1.58 bits per heavy atom. The number of rotatable bonds is 4. The van der Waals surface area contributed by atoms with Gasteiger partial charge in [0.2, 0.25) is 0 Å². The zero-order valence-electron chi connectivity index (χ0n) is 12.8. The Hall–Kier alpha value is -0.620. The van der Waals surface area contributed by atoms with Gasteiger partial charge in [0, 0.05) is 0 Å². The maximum absolute atomic E-state index is 4.68. The lowest BCUT2D eigenvalue weighted by Gasteiger charge is -2.27. The molecule has 0 heterocycles. The van der Waals surface area contributed by atoms with E-state index < -0.39 is 0 Å². The maximum Gasteiger partial charge on any atom is 0.0898 e. The van der Waals surface area contributed by atoms with Gasteiger partial charge in [0.1, 0.15) is 0 Å². The van der Waals surface area contributed by atoms with Gasteiger partial charge in [-0.25, -0.2) is 9.98 Å². The van der Waals surface area contributed by atoms with Gasteiger partial charge in [0.15, 0.2) is 0 Å². The lowest BCUT2D eigenvalue weighted by atomic mass is 9.83. The van der Waals surface area contributed by atoms with E-state index in [9.17, 15) is 0 Å². The molecule has 0 N–H and O–H groups in total. The Labute approximate surface area is 118 Å². The zero-order chi connectivity index (χ0) is 13.5. The molecule has 0 radical (unpaired) electrons. The Balaban J connectivity index is 1.93. The van der Waals surface area contributed by atoms with E-state index >= 15 is 0 Å². The first kappa shape index (κ1) is 14.8. The van der Waals surface area contributed by atoms with E-state index in [1.807, 2.05) is 0 Å². The van der Waals surface area contributed by atoms with Gasteiger partial charge in [0.25, 0.3) is 0 Å². The van der Waals surface area contributed by atoms with Gasteiger partial charge in [0.05, 0.1) is 18.1 Å². The minimum Gasteiger partial charge on any atom is -0.222 e. The third kappa shape index (κ3) is 4.18. The van der Waals surface area contributed by atoms with Crippen molar-refractivity contribution < 1.29 is 0 Å². The van der Waals surface area contributed by atoms with Crippen LogP contribution in [-0.4, -0.2) is 18.1 Å². The third-order valence-corrected chi connectivity index (χ3v) is 5.23. The summed E-state index contributed by atoms with van der Waals surface area (Å²) in [4.78, 5) is 9.36. The Morgan fingerprint density at radius 1 is 0.737 bits per heavy atom. The highest BCUT2D eigenvalue weighted by molar-refractivity contribution is 5.42. The van der Waals surface area contributed by atoms with Crippen LogP contribution in [0.3, 0.4) is 0 Å². The first-order valence-electron chi connectivity index (χ1n) is 8.49. The lowest BCUT2D eigenvalue weighted by molar-refractivity contribution is 0.298. The molecule has 2 aliphatic carbocycles. The summed E-state index contributed by atoms with van der Waals surface area (Å²) in [6.45, 7) is 4.59. The van der Waals surface area contributed by atoms with E-state index in [-0.39, 0.29) is 0 Å². The zero-order valence-corrected chi connectivity index (χ0v) is 12.8. The van der Waals surface area contributed by atoms with Crippen molar-refractivity contribution in [2.24, 2.45) is 21.8 Å². The highest BCUT2D eigenvalue weighted by Crippen LogP contribution is 2.30. The van der Waals surface area contributed by atoms with Crippen molar-refractivity contribution in [1.29, 1.82) is 0 Å². The van der Waals surface area contributed by atoms with Crippen LogP contribution in [0.1, 0.15) is 78.1 Å². The lowest BCUT2D eigenvalue weighted by Crippen LogP contribution is -2.23. The monoisotopic (exact) mass is 262 g/mol. The first-order valence-corrected chi connectivity index (χ1v) is 8.49. The number of hydrogen-bond acceptors (Lipinski definition) is 2. The van der Waals surface area contributed by atoms with Crippen LogP contribution < -0.4 is 0 Å². The van der Waals surface area contributed by atoms with Crippen molar-refractivity contribution in [2.45, 2.75) is 90.1 Å². The average Bonchev–Trinajstić information content (AvgIpc) is 2.48. The summed E-state index contributed by atoms with van der Waals surface area (Å²) in [7, 11) is 0. The van der Waals surface area contributed by atoms with Gasteiger partial charge in [-0.05, 0) is 37.5 Å². The van der Waals surface area contributed by atoms with Crippen LogP contribution in [0.5, 0.6) is 0 Å². The van der Waals surface area contributed by atoms with Gasteiger partial charge >= 0.3 is 0 Å². The van der Waals surface area contributed by atoms with Crippen molar-refractivity contribution in [3.05, 3.63) is 0 Å². The fraction of sp³-hybridized carbons (Fsp3) is 0.941. The second-order valence-electron chi connectivity index (χ2n) is 6.40. The molecule has 0 amide bonds. The number of nitrogens with zero attached hydrogens (tertiary/aromatic N) is 2. The summed E-state index contributed by atoms with van der Waals surface area (Å²) < 4.78 is 0. The molecule has 2 heteroatoms. The molecule has 2 rings (SSSR count). The van der Waals surface area contributed by atoms with Crippen LogP contribution >= 0.6 is 0 Å². The second kappa shape index (κ2) is 7.85. The fourth-order valence-corrected chi connectivity index (χ4v) is 3.85. The van der Waals surface area contributed by atoms with Crippen LogP contribution in [-0.2, 0) is 0 Å². The van der Waals surface area contributed by atoms with Crippen LogP contribution in [0.25, 0.3) is 0 Å². The smallest absolute Gasteiger partial charge is 0.0898 e. The molecule has 0 saturated heterocycles. The molecule has 0 aromatic carbocycles. The third-order valence-electron chi connectivity index (χ3n) is 5.23. The SMILES string of the molecule is CCC1CCCCC1N=C=NC1CCCCC1CC. The number of hydrogen-bond donors (Lipinski definition) is 0. The molecule has 2 aliphatic rings. The molecule has 108 valence electrons. The van der Waals surface area contributed by atoms with Crippen LogP contribution in [0.2, 0.25) is 0 Å². The first-order chi connectivity index (χ1) is 9.35. The van der Waals surface area contributed by atoms with E-state index in [2.05, 4.69) is 29.8 Å². The molecule has 0 bridgehead atoms. The Kier molecular flexibility index (Phi) is 6.10. The van der Waals surface area contributed by atoms with Crippen molar-refractivity contribution in [3.63, 3.8) is 0 Å². The van der Waals surface area contributed by atoms with Crippen molar-refractivity contribution in [3.8, 4) is 0 Å². The minimum atomic E-state index is 0.506. The average molecular weight is 262 g/mol. The van der Waals surface area contributed by atoms with Crippen molar-refractivity contribution in [2.75, 3.05) is 0 Å². The molecule has 4 unspecified atom stereocenters. The summed E-state index contributed by atoms with van der Waals surface area (Å²) in [5, 5.41) is 0. The van der Waals surface area contributed by atoms with E-state index in [1.54, 1.807) is 0 Å². The van der Waals surface area contributed by atoms with Crippen LogP contribution in [0, 0.1) is 11.8 Å². The highest BCUT2D eigenvalue weighted by atomic mass is 14.9. The molecule has 2 saturated carbocycles. The summed E-state index contributed by atoms with van der Waals surface area (Å²) in [6.07, 6.45) is 13.2. The fourth-order valence-electron chi connectivity index (χ4n) is 3.85. The summed E-state index contributed by atoms with van der Waals surface area (Å²) in [6, 6.07) is 4.11. The quantitative estimate of drug-likeness (QED) is 0.630. The molecular weight excluding hydrogens is 232 g/mol. The molecule has 2 nitrogen and oxygen atoms in total. The van der Waals surface area contributed by atoms with E-state index in [4.69, 9.17) is 0 Å². The van der Waals surface area contributed by atoms with E-state index in [0.717, 1.165) is 11.8 Å². The van der Waals surface area contributed by atoms with Gasteiger partial charge in [-0.3, -0.25) is 0 Å². The molecule has 0 aromatic rings. The second-order valence-corrected chi connectivity index (χ2v) is 6.40. The van der Waals surface area contributed by atoms with Crippen molar-refractivity contribution in [1.82, 2.24) is 0 Å². The standard InChI is InChI=1S/C17H30N2/c1-3-14-9-5-7-11-16(14)18-13-19-17-12-8-6-10-15(17)4-2/h14-17H,3-12H2,1-2H3.